The Bertz CT molecular complexity index is 641. The molecule has 2 amide bonds. The van der Waals surface area contributed by atoms with E-state index in [0.29, 0.717) is 11.4 Å². The lowest BCUT2D eigenvalue weighted by Crippen LogP contribution is -2.41. The second-order valence-electron chi connectivity index (χ2n) is 4.85. The molecule has 0 heterocycles. The summed E-state index contributed by atoms with van der Waals surface area (Å²) in [7, 11) is 0.489. The first-order valence-corrected chi connectivity index (χ1v) is 7.84. The number of hydrogen-bond acceptors (Lipinski definition) is 4. The van der Waals surface area contributed by atoms with Gasteiger partial charge in [0.25, 0.3) is 10.2 Å². The van der Waals surface area contributed by atoms with Crippen LogP contribution in [0.15, 0.2) is 24.3 Å². The van der Waals surface area contributed by atoms with Crippen molar-refractivity contribution in [2.75, 3.05) is 38.3 Å². The summed E-state index contributed by atoms with van der Waals surface area (Å²) in [6.45, 7) is 1.10. The molecule has 0 radical (unpaired) electrons. The van der Waals surface area contributed by atoms with Crippen molar-refractivity contribution in [3.63, 3.8) is 0 Å². The van der Waals surface area contributed by atoms with Crippen molar-refractivity contribution in [1.29, 1.82) is 0 Å². The van der Waals surface area contributed by atoms with Gasteiger partial charge in [-0.1, -0.05) is 0 Å². The van der Waals surface area contributed by atoms with Crippen molar-refractivity contribution in [3.05, 3.63) is 24.3 Å². The molecule has 0 aliphatic carbocycles. The Hall–Kier alpha value is -1.97. The molecule has 1 aromatic rings. The molecule has 0 unspecified atom stereocenters. The highest BCUT2D eigenvalue weighted by Gasteiger charge is 2.22. The van der Waals surface area contributed by atoms with Crippen LogP contribution in [0.1, 0.15) is 6.92 Å². The summed E-state index contributed by atoms with van der Waals surface area (Å²) in [5.74, 6) is -0.646. The molecule has 0 bridgehead atoms. The fourth-order valence-corrected chi connectivity index (χ4v) is 2.44. The highest BCUT2D eigenvalue weighted by Crippen LogP contribution is 2.13. The van der Waals surface area contributed by atoms with Crippen LogP contribution >= 0.6 is 0 Å². The Labute approximate surface area is 130 Å². The van der Waals surface area contributed by atoms with Gasteiger partial charge in [-0.3, -0.25) is 9.59 Å². The molecule has 22 heavy (non-hydrogen) atoms. The Kier molecular flexibility index (Phi) is 6.03. The minimum Gasteiger partial charge on any atom is -0.326 e. The minimum atomic E-state index is -3.63. The fourth-order valence-electron chi connectivity index (χ4n) is 1.60. The van der Waals surface area contributed by atoms with Crippen LogP contribution < -0.4 is 10.6 Å². The van der Waals surface area contributed by atoms with Crippen molar-refractivity contribution < 1.29 is 18.0 Å². The van der Waals surface area contributed by atoms with Gasteiger partial charge in [-0.2, -0.15) is 17.0 Å². The van der Waals surface area contributed by atoms with E-state index < -0.39 is 16.1 Å². The maximum absolute atomic E-state index is 11.8. The summed E-state index contributed by atoms with van der Waals surface area (Å²) in [5.41, 5.74) is 1.12. The standard InChI is InChI=1S/C13H20N4O4S/c1-10(18)14-11-5-7-12(8-6-11)15-13(19)9-17(4)22(20,21)16(2)3/h5-8H,9H2,1-4H3,(H,14,18)(H,15,19). The zero-order chi connectivity index (χ0) is 16.9. The average molecular weight is 328 g/mol. The van der Waals surface area contributed by atoms with Gasteiger partial charge in [-0.05, 0) is 24.3 Å². The largest absolute Gasteiger partial charge is 0.326 e. The van der Waals surface area contributed by atoms with E-state index in [1.165, 1.54) is 28.1 Å². The molecule has 0 fully saturated rings. The second-order valence-corrected chi connectivity index (χ2v) is 7.10. The third-order valence-electron chi connectivity index (χ3n) is 2.71. The molecule has 0 aliphatic rings. The van der Waals surface area contributed by atoms with E-state index in [4.69, 9.17) is 0 Å². The summed E-state index contributed by atoms with van der Waals surface area (Å²) >= 11 is 0. The topological polar surface area (TPSA) is 98.8 Å². The van der Waals surface area contributed by atoms with Gasteiger partial charge in [0.05, 0.1) is 6.54 Å². The van der Waals surface area contributed by atoms with Crippen LogP contribution in [0.2, 0.25) is 0 Å². The summed E-state index contributed by atoms with van der Waals surface area (Å²) < 4.78 is 25.6. The van der Waals surface area contributed by atoms with Crippen molar-refractivity contribution in [2.24, 2.45) is 0 Å². The maximum Gasteiger partial charge on any atom is 0.281 e. The molecular formula is C13H20N4O4S. The van der Waals surface area contributed by atoms with Gasteiger partial charge in [0.15, 0.2) is 0 Å². The van der Waals surface area contributed by atoms with E-state index in [9.17, 15) is 18.0 Å². The summed E-state index contributed by atoms with van der Waals surface area (Å²) in [6, 6.07) is 6.50. The fraction of sp³-hybridized carbons (Fsp3) is 0.385. The van der Waals surface area contributed by atoms with Gasteiger partial charge in [0.1, 0.15) is 0 Å². The predicted molar refractivity (Wildman–Crippen MR) is 84.6 cm³/mol. The molecule has 8 nitrogen and oxygen atoms in total. The molecular weight excluding hydrogens is 308 g/mol. The molecule has 2 N–H and O–H groups in total. The number of nitrogens with one attached hydrogen (secondary N) is 2. The van der Waals surface area contributed by atoms with Gasteiger partial charge in [0, 0.05) is 39.4 Å². The van der Waals surface area contributed by atoms with Gasteiger partial charge in [-0.25, -0.2) is 0 Å². The van der Waals surface area contributed by atoms with E-state index >= 15 is 0 Å². The number of amides is 2. The van der Waals surface area contributed by atoms with Crippen LogP contribution in [-0.4, -0.2) is 56.5 Å². The molecule has 0 saturated carbocycles. The zero-order valence-electron chi connectivity index (χ0n) is 13.0. The van der Waals surface area contributed by atoms with E-state index in [0.717, 1.165) is 8.61 Å². The van der Waals surface area contributed by atoms with E-state index in [-0.39, 0.29) is 12.5 Å². The number of carbonyl (C=O) groups is 2. The van der Waals surface area contributed by atoms with Gasteiger partial charge >= 0.3 is 0 Å². The number of nitrogens with zero attached hydrogens (tertiary/aromatic N) is 2. The predicted octanol–water partition coefficient (Wildman–Crippen LogP) is 0.322. The third kappa shape index (κ3) is 5.10. The minimum absolute atomic E-state index is 0.188. The number of likely N-dealkylation sites (N-methyl/N-ethyl adjacent to an activating group) is 1. The van der Waals surface area contributed by atoms with Crippen molar-refractivity contribution >= 4 is 33.4 Å². The number of carbonyl (C=O) groups excluding carboxylic acids is 2. The van der Waals surface area contributed by atoms with Gasteiger partial charge in [-0.15, -0.1) is 0 Å². The molecule has 1 aromatic carbocycles. The number of hydrogen-bond donors (Lipinski definition) is 2. The second kappa shape index (κ2) is 7.34. The highest BCUT2D eigenvalue weighted by molar-refractivity contribution is 7.86. The first-order chi connectivity index (χ1) is 10.1. The summed E-state index contributed by atoms with van der Waals surface area (Å²) in [5, 5.41) is 5.19. The van der Waals surface area contributed by atoms with E-state index in [1.807, 2.05) is 0 Å². The van der Waals surface area contributed by atoms with Gasteiger partial charge in [0.2, 0.25) is 11.8 Å². The van der Waals surface area contributed by atoms with Crippen LogP contribution in [-0.2, 0) is 19.8 Å². The van der Waals surface area contributed by atoms with E-state index in [1.54, 1.807) is 24.3 Å². The Morgan fingerprint density at radius 2 is 1.45 bits per heavy atom. The number of anilines is 2. The van der Waals surface area contributed by atoms with Crippen LogP contribution in [0, 0.1) is 0 Å². The van der Waals surface area contributed by atoms with E-state index in [2.05, 4.69) is 10.6 Å². The molecule has 0 aliphatic heterocycles. The molecule has 1 rings (SSSR count). The molecule has 0 saturated heterocycles. The van der Waals surface area contributed by atoms with Crippen LogP contribution in [0.5, 0.6) is 0 Å². The quantitative estimate of drug-likeness (QED) is 0.786. The van der Waals surface area contributed by atoms with Crippen molar-refractivity contribution in [2.45, 2.75) is 6.92 Å². The highest BCUT2D eigenvalue weighted by atomic mass is 32.2. The third-order valence-corrected chi connectivity index (χ3v) is 4.55. The lowest BCUT2D eigenvalue weighted by molar-refractivity contribution is -0.116. The van der Waals surface area contributed by atoms with Crippen LogP contribution in [0.4, 0.5) is 11.4 Å². The molecule has 0 atom stereocenters. The Morgan fingerprint density at radius 1 is 1.00 bits per heavy atom. The zero-order valence-corrected chi connectivity index (χ0v) is 13.8. The SMILES string of the molecule is CC(=O)Nc1ccc(NC(=O)CN(C)S(=O)(=O)N(C)C)cc1. The maximum atomic E-state index is 11.8. The lowest BCUT2D eigenvalue weighted by atomic mass is 10.2. The van der Waals surface area contributed by atoms with Crippen molar-refractivity contribution in [1.82, 2.24) is 8.61 Å². The number of benzene rings is 1. The van der Waals surface area contributed by atoms with Crippen molar-refractivity contribution in [3.8, 4) is 0 Å². The van der Waals surface area contributed by atoms with Crippen LogP contribution in [0.3, 0.4) is 0 Å². The molecule has 0 spiro atoms. The van der Waals surface area contributed by atoms with Gasteiger partial charge < -0.3 is 10.6 Å². The molecule has 0 aromatic heterocycles. The molecule has 9 heteroatoms. The molecule has 122 valence electrons. The smallest absolute Gasteiger partial charge is 0.281 e. The average Bonchev–Trinajstić information content (AvgIpc) is 2.40. The van der Waals surface area contributed by atoms with Crippen LogP contribution in [0.25, 0.3) is 0 Å². The first-order valence-electron chi connectivity index (χ1n) is 6.44. The summed E-state index contributed by atoms with van der Waals surface area (Å²) in [6.07, 6.45) is 0. The lowest BCUT2D eigenvalue weighted by Gasteiger charge is -2.20. The normalized spacial score (nSPS) is 11.5. The first kappa shape index (κ1) is 18.1. The monoisotopic (exact) mass is 328 g/mol. The Balaban J connectivity index is 2.64. The summed E-state index contributed by atoms with van der Waals surface area (Å²) in [4.78, 5) is 22.7. The number of rotatable bonds is 6. The Morgan fingerprint density at radius 3 is 1.86 bits per heavy atom.